The molecule has 0 saturated carbocycles. The van der Waals surface area contributed by atoms with Gasteiger partial charge >= 0.3 is 0 Å². The Hall–Kier alpha value is -4.06. The summed E-state index contributed by atoms with van der Waals surface area (Å²) in [7, 11) is 0. The first-order chi connectivity index (χ1) is 14.7. The predicted molar refractivity (Wildman–Crippen MR) is 113 cm³/mol. The minimum atomic E-state index is -0.0632. The Morgan fingerprint density at radius 2 is 1.70 bits per heavy atom. The zero-order valence-electron chi connectivity index (χ0n) is 16.1. The van der Waals surface area contributed by atoms with Crippen LogP contribution in [0, 0.1) is 0 Å². The maximum atomic E-state index is 12.6. The Morgan fingerprint density at radius 1 is 0.933 bits per heavy atom. The fraction of sp³-hybridized carbons (Fsp3) is 0.0833. The summed E-state index contributed by atoms with van der Waals surface area (Å²) in [5, 5.41) is 2.85. The van der Waals surface area contributed by atoms with Crippen molar-refractivity contribution in [3.63, 3.8) is 0 Å². The van der Waals surface area contributed by atoms with Crippen LogP contribution in [0.5, 0.6) is 0 Å². The number of carbonyl (C=O) groups is 2. The van der Waals surface area contributed by atoms with Gasteiger partial charge in [0.25, 0.3) is 5.91 Å². The number of H-pyrrole nitrogens is 1. The van der Waals surface area contributed by atoms with Crippen LogP contribution in [0.3, 0.4) is 0 Å². The van der Waals surface area contributed by atoms with Crippen LogP contribution in [0.15, 0.2) is 72.9 Å². The van der Waals surface area contributed by atoms with Gasteiger partial charge in [0.05, 0.1) is 17.0 Å². The van der Waals surface area contributed by atoms with Gasteiger partial charge in [-0.05, 0) is 12.1 Å². The van der Waals surface area contributed by atoms with E-state index in [0.717, 1.165) is 23.4 Å². The molecule has 0 spiro atoms. The van der Waals surface area contributed by atoms with Crippen LogP contribution in [-0.2, 0) is 6.42 Å². The summed E-state index contributed by atoms with van der Waals surface area (Å²) in [6.07, 6.45) is 2.47. The number of hydrogen-bond donors (Lipinski definition) is 2. The molecule has 5 rings (SSSR count). The van der Waals surface area contributed by atoms with Crippen molar-refractivity contribution >= 4 is 11.7 Å². The van der Waals surface area contributed by atoms with E-state index in [4.69, 9.17) is 0 Å². The number of carbonyl (C=O) groups excluding carboxylic acids is 2. The summed E-state index contributed by atoms with van der Waals surface area (Å²) < 4.78 is 0. The van der Waals surface area contributed by atoms with Crippen LogP contribution in [-0.4, -0.2) is 33.2 Å². The molecule has 2 aromatic carbocycles. The van der Waals surface area contributed by atoms with E-state index >= 15 is 0 Å². The average molecular weight is 394 g/mol. The SMILES string of the molecule is O=C(c1ccccc1)c1ccc(-c2nccc(-c3cc4c([nH]3)CCNC4=O)n2)cc1. The highest BCUT2D eigenvalue weighted by atomic mass is 16.1. The predicted octanol–water partition coefficient (Wildman–Crippen LogP) is 3.66. The summed E-state index contributed by atoms with van der Waals surface area (Å²) in [6, 6.07) is 20.1. The highest BCUT2D eigenvalue weighted by molar-refractivity contribution is 6.09. The minimum Gasteiger partial charge on any atom is -0.356 e. The highest BCUT2D eigenvalue weighted by Gasteiger charge is 2.20. The summed E-state index contributed by atoms with van der Waals surface area (Å²) in [4.78, 5) is 36.9. The lowest BCUT2D eigenvalue weighted by Crippen LogP contribution is -2.31. The standard InChI is InChI=1S/C24H18N4O2/c29-22(15-4-2-1-3-5-15)16-6-8-17(9-7-16)23-25-12-11-20(28-23)21-14-18-19(27-21)10-13-26-24(18)30/h1-9,11-12,14,27H,10,13H2,(H,26,30). The molecule has 4 aromatic rings. The van der Waals surface area contributed by atoms with Crippen molar-refractivity contribution in [2.24, 2.45) is 0 Å². The molecule has 30 heavy (non-hydrogen) atoms. The van der Waals surface area contributed by atoms with Crippen molar-refractivity contribution in [3.05, 3.63) is 95.3 Å². The lowest BCUT2D eigenvalue weighted by Gasteiger charge is -2.10. The second-order valence-electron chi connectivity index (χ2n) is 7.12. The molecule has 0 saturated heterocycles. The molecular weight excluding hydrogens is 376 g/mol. The second kappa shape index (κ2) is 7.40. The van der Waals surface area contributed by atoms with Gasteiger partial charge in [-0.1, -0.05) is 54.6 Å². The molecule has 2 aromatic heterocycles. The van der Waals surface area contributed by atoms with Gasteiger partial charge < -0.3 is 10.3 Å². The smallest absolute Gasteiger partial charge is 0.253 e. The van der Waals surface area contributed by atoms with Gasteiger partial charge in [0.1, 0.15) is 0 Å². The number of amides is 1. The first-order valence-corrected chi connectivity index (χ1v) is 9.73. The van der Waals surface area contributed by atoms with E-state index in [9.17, 15) is 9.59 Å². The first-order valence-electron chi connectivity index (χ1n) is 9.73. The maximum Gasteiger partial charge on any atom is 0.253 e. The molecule has 3 heterocycles. The number of nitrogens with one attached hydrogen (secondary N) is 2. The topological polar surface area (TPSA) is 87.7 Å². The Bertz CT molecular complexity index is 1240. The van der Waals surface area contributed by atoms with Gasteiger partial charge in [0.15, 0.2) is 11.6 Å². The molecule has 0 aliphatic carbocycles. The molecule has 6 heteroatoms. The summed E-state index contributed by atoms with van der Waals surface area (Å²) >= 11 is 0. The third kappa shape index (κ3) is 3.28. The number of benzene rings is 2. The molecule has 0 bridgehead atoms. The largest absolute Gasteiger partial charge is 0.356 e. The van der Waals surface area contributed by atoms with E-state index in [0.29, 0.717) is 34.8 Å². The lowest BCUT2D eigenvalue weighted by molar-refractivity contribution is 0.0945. The van der Waals surface area contributed by atoms with E-state index < -0.39 is 0 Å². The third-order valence-corrected chi connectivity index (χ3v) is 5.18. The quantitative estimate of drug-likeness (QED) is 0.517. The number of nitrogens with zero attached hydrogens (tertiary/aromatic N) is 2. The van der Waals surface area contributed by atoms with Crippen molar-refractivity contribution in [2.45, 2.75) is 6.42 Å². The van der Waals surface area contributed by atoms with E-state index in [1.165, 1.54) is 0 Å². The molecule has 0 radical (unpaired) electrons. The summed E-state index contributed by atoms with van der Waals surface area (Å²) in [5.74, 6) is 0.474. The molecule has 0 atom stereocenters. The first kappa shape index (κ1) is 18.0. The van der Waals surface area contributed by atoms with Crippen LogP contribution in [0.1, 0.15) is 32.0 Å². The maximum absolute atomic E-state index is 12.6. The number of ketones is 1. The van der Waals surface area contributed by atoms with Gasteiger partial charge in [-0.3, -0.25) is 9.59 Å². The Kier molecular flexibility index (Phi) is 4.44. The van der Waals surface area contributed by atoms with E-state index in [1.807, 2.05) is 42.5 Å². The second-order valence-corrected chi connectivity index (χ2v) is 7.12. The van der Waals surface area contributed by atoms with Gasteiger partial charge in [-0.2, -0.15) is 0 Å². The van der Waals surface area contributed by atoms with Crippen molar-refractivity contribution in [1.29, 1.82) is 0 Å². The van der Waals surface area contributed by atoms with Crippen molar-refractivity contribution in [3.8, 4) is 22.8 Å². The monoisotopic (exact) mass is 394 g/mol. The molecule has 0 unspecified atom stereocenters. The summed E-state index contributed by atoms with van der Waals surface area (Å²) in [6.45, 7) is 0.634. The number of aromatic amines is 1. The van der Waals surface area contributed by atoms with E-state index in [1.54, 1.807) is 30.5 Å². The van der Waals surface area contributed by atoms with Gasteiger partial charge in [0.2, 0.25) is 0 Å². The Labute approximate surface area is 173 Å². The molecular formula is C24H18N4O2. The molecule has 2 N–H and O–H groups in total. The Balaban J connectivity index is 1.43. The molecule has 1 aliphatic rings. The zero-order chi connectivity index (χ0) is 20.5. The summed E-state index contributed by atoms with van der Waals surface area (Å²) in [5.41, 5.74) is 5.18. The van der Waals surface area contributed by atoms with E-state index in [2.05, 4.69) is 20.3 Å². The normalized spacial score (nSPS) is 12.9. The molecule has 1 amide bonds. The fourth-order valence-corrected chi connectivity index (χ4v) is 3.61. The molecule has 6 nitrogen and oxygen atoms in total. The Morgan fingerprint density at radius 3 is 2.47 bits per heavy atom. The van der Waals surface area contributed by atoms with Gasteiger partial charge in [-0.25, -0.2) is 9.97 Å². The van der Waals surface area contributed by atoms with E-state index in [-0.39, 0.29) is 11.7 Å². The van der Waals surface area contributed by atoms with Gasteiger partial charge in [-0.15, -0.1) is 0 Å². The van der Waals surface area contributed by atoms with Crippen LogP contribution >= 0.6 is 0 Å². The number of aromatic nitrogens is 3. The third-order valence-electron chi connectivity index (χ3n) is 5.18. The minimum absolute atomic E-state index is 0.0212. The zero-order valence-corrected chi connectivity index (χ0v) is 16.1. The molecule has 146 valence electrons. The number of hydrogen-bond acceptors (Lipinski definition) is 4. The number of fused-ring (bicyclic) bond motifs is 1. The van der Waals surface area contributed by atoms with Crippen molar-refractivity contribution < 1.29 is 9.59 Å². The van der Waals surface area contributed by atoms with Crippen LogP contribution in [0.4, 0.5) is 0 Å². The fourth-order valence-electron chi connectivity index (χ4n) is 3.61. The average Bonchev–Trinajstić information content (AvgIpc) is 3.25. The molecule has 1 aliphatic heterocycles. The van der Waals surface area contributed by atoms with Crippen molar-refractivity contribution in [2.75, 3.05) is 6.54 Å². The van der Waals surface area contributed by atoms with Crippen LogP contribution < -0.4 is 5.32 Å². The van der Waals surface area contributed by atoms with Crippen LogP contribution in [0.25, 0.3) is 22.8 Å². The lowest BCUT2D eigenvalue weighted by atomic mass is 10.0. The molecule has 0 fully saturated rings. The van der Waals surface area contributed by atoms with Gasteiger partial charge in [0, 0.05) is 41.5 Å². The highest BCUT2D eigenvalue weighted by Crippen LogP contribution is 2.25. The van der Waals surface area contributed by atoms with Crippen LogP contribution in [0.2, 0.25) is 0 Å². The number of rotatable bonds is 4. The van der Waals surface area contributed by atoms with Crippen molar-refractivity contribution in [1.82, 2.24) is 20.3 Å².